The Balaban J connectivity index is 1.53. The molecule has 132 valence electrons. The highest BCUT2D eigenvalue weighted by Crippen LogP contribution is 2.36. The minimum Gasteiger partial charge on any atom is -0.342 e. The maximum atomic E-state index is 13.1. The van der Waals surface area contributed by atoms with Crippen molar-refractivity contribution in [2.75, 3.05) is 5.32 Å². The lowest BCUT2D eigenvalue weighted by atomic mass is 10.0. The van der Waals surface area contributed by atoms with E-state index < -0.39 is 12.1 Å². The zero-order chi connectivity index (χ0) is 17.8. The van der Waals surface area contributed by atoms with E-state index in [1.54, 1.807) is 6.20 Å². The van der Waals surface area contributed by atoms with Crippen molar-refractivity contribution in [2.24, 2.45) is 13.0 Å². The molecule has 2 atom stereocenters. The van der Waals surface area contributed by atoms with Crippen molar-refractivity contribution in [3.63, 3.8) is 0 Å². The molecule has 1 aromatic carbocycles. The topological polar surface area (TPSA) is 46.9 Å². The van der Waals surface area contributed by atoms with Gasteiger partial charge >= 0.3 is 0 Å². The van der Waals surface area contributed by atoms with E-state index in [9.17, 15) is 9.18 Å². The number of nitrogens with one attached hydrogen (secondary N) is 1. The number of rotatable bonds is 3. The maximum absolute atomic E-state index is 13.1. The van der Waals surface area contributed by atoms with Gasteiger partial charge in [0.1, 0.15) is 12.0 Å². The summed E-state index contributed by atoms with van der Waals surface area (Å²) in [6.45, 7) is 0. The number of pyridine rings is 1. The number of aromatic nitrogens is 2. The number of nitrogens with zero attached hydrogens (tertiary/aromatic N) is 2. The van der Waals surface area contributed by atoms with E-state index in [1.165, 1.54) is 23.1 Å². The predicted octanol–water partition coefficient (Wildman–Crippen LogP) is 4.03. The molecular formula is C21H20FN3O. The lowest BCUT2D eigenvalue weighted by Gasteiger charge is -2.10. The molecule has 26 heavy (non-hydrogen) atoms. The zero-order valence-corrected chi connectivity index (χ0v) is 14.6. The summed E-state index contributed by atoms with van der Waals surface area (Å²) in [4.78, 5) is 16.3. The third-order valence-corrected chi connectivity index (χ3v) is 5.65. The van der Waals surface area contributed by atoms with Crippen LogP contribution in [0.2, 0.25) is 0 Å². The van der Waals surface area contributed by atoms with Gasteiger partial charge in [-0.05, 0) is 48.9 Å². The molecule has 2 heterocycles. The Kier molecular flexibility index (Phi) is 3.39. The number of alkyl halides is 1. The summed E-state index contributed by atoms with van der Waals surface area (Å²) in [6.07, 6.45) is 4.59. The molecule has 4 nitrogen and oxygen atoms in total. The van der Waals surface area contributed by atoms with E-state index in [-0.39, 0.29) is 5.91 Å². The van der Waals surface area contributed by atoms with Gasteiger partial charge in [-0.15, -0.1) is 0 Å². The van der Waals surface area contributed by atoms with Crippen LogP contribution >= 0.6 is 0 Å². The Hall–Kier alpha value is -2.69. The molecule has 2 aliphatic carbocycles. The molecule has 0 saturated heterocycles. The number of hydrogen-bond acceptors (Lipinski definition) is 2. The number of fused-ring (bicyclic) bond motifs is 2. The maximum Gasteiger partial charge on any atom is 0.231 e. The SMILES string of the molecule is Cn1c(-c2cccc3c2CCC3)cc2cc(NC(=O)C3CC3F)ncc21. The number of anilines is 1. The average molecular weight is 349 g/mol. The number of aryl methyl sites for hydroxylation is 2. The molecule has 1 saturated carbocycles. The van der Waals surface area contributed by atoms with E-state index in [0.29, 0.717) is 12.2 Å². The first-order valence-corrected chi connectivity index (χ1v) is 9.13. The first-order valence-electron chi connectivity index (χ1n) is 9.13. The Bertz CT molecular complexity index is 1040. The third kappa shape index (κ3) is 2.42. The molecule has 1 fully saturated rings. The molecular weight excluding hydrogens is 329 g/mol. The van der Waals surface area contributed by atoms with Crippen LogP contribution in [0.15, 0.2) is 36.5 Å². The predicted molar refractivity (Wildman–Crippen MR) is 99.8 cm³/mol. The second kappa shape index (κ2) is 5.66. The number of amides is 1. The van der Waals surface area contributed by atoms with Crippen LogP contribution < -0.4 is 5.32 Å². The van der Waals surface area contributed by atoms with Gasteiger partial charge in [0.2, 0.25) is 5.91 Å². The smallest absolute Gasteiger partial charge is 0.231 e. The van der Waals surface area contributed by atoms with E-state index in [2.05, 4.69) is 39.1 Å². The monoisotopic (exact) mass is 349 g/mol. The van der Waals surface area contributed by atoms with Gasteiger partial charge in [0.05, 0.1) is 17.6 Å². The molecule has 1 N–H and O–H groups in total. The quantitative estimate of drug-likeness (QED) is 0.776. The Morgan fingerprint density at radius 1 is 1.31 bits per heavy atom. The first-order chi connectivity index (χ1) is 12.6. The van der Waals surface area contributed by atoms with Crippen LogP contribution in [0.25, 0.3) is 22.2 Å². The minimum atomic E-state index is -0.998. The molecule has 5 heteroatoms. The van der Waals surface area contributed by atoms with Crippen molar-refractivity contribution in [1.82, 2.24) is 9.55 Å². The van der Waals surface area contributed by atoms with Gasteiger partial charge in [0.25, 0.3) is 0 Å². The molecule has 0 aliphatic heterocycles. The zero-order valence-electron chi connectivity index (χ0n) is 14.6. The highest BCUT2D eigenvalue weighted by molar-refractivity contribution is 5.96. The fourth-order valence-electron chi connectivity index (χ4n) is 4.07. The van der Waals surface area contributed by atoms with Crippen LogP contribution in [0.5, 0.6) is 0 Å². The van der Waals surface area contributed by atoms with Gasteiger partial charge in [-0.25, -0.2) is 9.37 Å². The van der Waals surface area contributed by atoms with Crippen molar-refractivity contribution in [3.8, 4) is 11.3 Å². The van der Waals surface area contributed by atoms with Crippen LogP contribution in [0.3, 0.4) is 0 Å². The molecule has 2 aromatic heterocycles. The third-order valence-electron chi connectivity index (χ3n) is 5.65. The van der Waals surface area contributed by atoms with Crippen LogP contribution in [-0.4, -0.2) is 21.6 Å². The van der Waals surface area contributed by atoms with Gasteiger partial charge in [-0.2, -0.15) is 0 Å². The average Bonchev–Trinajstić information content (AvgIpc) is 3.04. The van der Waals surface area contributed by atoms with E-state index in [4.69, 9.17) is 0 Å². The molecule has 2 unspecified atom stereocenters. The largest absolute Gasteiger partial charge is 0.342 e. The Morgan fingerprint density at radius 2 is 2.15 bits per heavy atom. The second-order valence-electron chi connectivity index (χ2n) is 7.36. The molecule has 5 rings (SSSR count). The van der Waals surface area contributed by atoms with Gasteiger partial charge < -0.3 is 9.88 Å². The van der Waals surface area contributed by atoms with Crippen LogP contribution in [0, 0.1) is 5.92 Å². The van der Waals surface area contributed by atoms with Crippen LogP contribution in [0.4, 0.5) is 10.2 Å². The van der Waals surface area contributed by atoms with Gasteiger partial charge in [-0.3, -0.25) is 4.79 Å². The fraction of sp³-hybridized carbons (Fsp3) is 0.333. The molecule has 1 amide bonds. The lowest BCUT2D eigenvalue weighted by Crippen LogP contribution is -2.15. The second-order valence-corrected chi connectivity index (χ2v) is 7.36. The summed E-state index contributed by atoms with van der Waals surface area (Å²) in [5.41, 5.74) is 6.35. The minimum absolute atomic E-state index is 0.276. The van der Waals surface area contributed by atoms with Crippen LogP contribution in [-0.2, 0) is 24.7 Å². The highest BCUT2D eigenvalue weighted by atomic mass is 19.1. The number of carbonyl (C=O) groups excluding carboxylic acids is 1. The Morgan fingerprint density at radius 3 is 2.96 bits per heavy atom. The van der Waals surface area contributed by atoms with Gasteiger partial charge in [0.15, 0.2) is 0 Å². The first kappa shape index (κ1) is 15.6. The molecule has 3 aromatic rings. The number of benzene rings is 1. The Labute approximate surface area is 151 Å². The van der Waals surface area contributed by atoms with E-state index in [1.807, 2.05) is 13.1 Å². The summed E-state index contributed by atoms with van der Waals surface area (Å²) >= 11 is 0. The highest BCUT2D eigenvalue weighted by Gasteiger charge is 2.43. The summed E-state index contributed by atoms with van der Waals surface area (Å²) in [5, 5.41) is 3.76. The van der Waals surface area contributed by atoms with E-state index in [0.717, 1.165) is 29.4 Å². The normalized spacial score (nSPS) is 21.0. The summed E-state index contributed by atoms with van der Waals surface area (Å²) in [6, 6.07) is 10.6. The van der Waals surface area contributed by atoms with Crippen molar-refractivity contribution >= 4 is 22.6 Å². The van der Waals surface area contributed by atoms with Crippen molar-refractivity contribution < 1.29 is 9.18 Å². The number of hydrogen-bond donors (Lipinski definition) is 1. The van der Waals surface area contributed by atoms with E-state index >= 15 is 0 Å². The standard InChI is InChI=1S/C21H20FN3O/c1-25-18(15-7-3-5-12-4-2-6-14(12)15)8-13-9-20(23-11-19(13)25)24-21(26)16-10-17(16)22/h3,5,7-9,11,16-17H,2,4,6,10H2,1H3,(H,23,24,26). The van der Waals surface area contributed by atoms with Crippen molar-refractivity contribution in [3.05, 3.63) is 47.7 Å². The number of carbonyl (C=O) groups is 1. The summed E-state index contributed by atoms with van der Waals surface area (Å²) in [5.74, 6) is -0.302. The molecule has 0 spiro atoms. The van der Waals surface area contributed by atoms with Crippen molar-refractivity contribution in [1.29, 1.82) is 0 Å². The molecule has 0 radical (unpaired) electrons. The van der Waals surface area contributed by atoms with Crippen LogP contribution in [0.1, 0.15) is 24.0 Å². The molecule has 2 aliphatic rings. The van der Waals surface area contributed by atoms with Gasteiger partial charge in [-0.1, -0.05) is 18.2 Å². The van der Waals surface area contributed by atoms with Gasteiger partial charge in [0, 0.05) is 23.7 Å². The summed E-state index contributed by atoms with van der Waals surface area (Å²) < 4.78 is 15.2. The summed E-state index contributed by atoms with van der Waals surface area (Å²) in [7, 11) is 2.05. The molecule has 0 bridgehead atoms. The lowest BCUT2D eigenvalue weighted by molar-refractivity contribution is -0.117. The number of halogens is 1. The van der Waals surface area contributed by atoms with Crippen molar-refractivity contribution in [2.45, 2.75) is 31.9 Å². The fourth-order valence-corrected chi connectivity index (χ4v) is 4.07.